The molecule has 2 atom stereocenters. The second kappa shape index (κ2) is 9.63. The van der Waals surface area contributed by atoms with Crippen molar-refractivity contribution in [2.45, 2.75) is 19.0 Å². The van der Waals surface area contributed by atoms with Crippen molar-refractivity contribution < 1.29 is 23.0 Å². The minimum Gasteiger partial charge on any atom is -0.502 e. The second-order valence-electron chi connectivity index (χ2n) is 8.03. The fraction of sp³-hybridized carbons (Fsp3) is 0.154. The zero-order chi connectivity index (χ0) is 25.3. The Labute approximate surface area is 198 Å². The van der Waals surface area contributed by atoms with Crippen LogP contribution < -0.4 is 26.2 Å². The molecule has 0 aliphatic carbocycles. The molecule has 0 heterocycles. The predicted molar refractivity (Wildman–Crippen MR) is 125 cm³/mol. The fourth-order valence-electron chi connectivity index (χ4n) is 3.79. The Balaban J connectivity index is 1.69. The standard InChI is InChI=1S/C26H21F3N2O4/c1-13(16-11-19(27)21(29)20(28)12-16)30-22(14-6-8-18(35-2)9-7-14)15-4-3-5-17(10-15)31-23-24(32)26(34)25(23)33/h3-13,22,30-32H,1-2H3/t13-,22?/m1/s1. The molecule has 1 unspecified atom stereocenters. The van der Waals surface area contributed by atoms with Crippen LogP contribution in [-0.4, -0.2) is 12.2 Å². The van der Waals surface area contributed by atoms with Gasteiger partial charge in [-0.1, -0.05) is 24.3 Å². The maximum atomic E-state index is 13.8. The van der Waals surface area contributed by atoms with Crippen LogP contribution in [0.3, 0.4) is 0 Å². The molecule has 9 heteroatoms. The molecule has 0 saturated carbocycles. The number of aromatic hydroxyl groups is 1. The molecule has 0 bridgehead atoms. The van der Waals surface area contributed by atoms with Crippen LogP contribution in [0.25, 0.3) is 0 Å². The summed E-state index contributed by atoms with van der Waals surface area (Å²) in [6.07, 6.45) is 0. The molecule has 0 saturated heterocycles. The van der Waals surface area contributed by atoms with Gasteiger partial charge in [0.1, 0.15) is 11.4 Å². The maximum Gasteiger partial charge on any atom is 0.271 e. The minimum atomic E-state index is -1.53. The summed E-state index contributed by atoms with van der Waals surface area (Å²) < 4.78 is 46.3. The van der Waals surface area contributed by atoms with Gasteiger partial charge in [-0.2, -0.15) is 0 Å². The molecule has 0 amide bonds. The van der Waals surface area contributed by atoms with E-state index in [0.717, 1.165) is 17.7 Å². The zero-order valence-corrected chi connectivity index (χ0v) is 18.7. The van der Waals surface area contributed by atoms with Gasteiger partial charge in [0.05, 0.1) is 13.2 Å². The number of rotatable bonds is 8. The molecule has 0 aliphatic heterocycles. The van der Waals surface area contributed by atoms with Crippen LogP contribution in [0.1, 0.15) is 35.7 Å². The lowest BCUT2D eigenvalue weighted by Crippen LogP contribution is -2.32. The van der Waals surface area contributed by atoms with E-state index in [-0.39, 0.29) is 11.3 Å². The van der Waals surface area contributed by atoms with E-state index in [2.05, 4.69) is 10.6 Å². The van der Waals surface area contributed by atoms with E-state index in [1.54, 1.807) is 43.3 Å². The van der Waals surface area contributed by atoms with Crippen LogP contribution in [0.4, 0.5) is 24.5 Å². The highest BCUT2D eigenvalue weighted by atomic mass is 19.2. The quantitative estimate of drug-likeness (QED) is 0.251. The predicted octanol–water partition coefficient (Wildman–Crippen LogP) is 4.60. The summed E-state index contributed by atoms with van der Waals surface area (Å²) in [5.74, 6) is -4.09. The number of ether oxygens (including phenoxy) is 1. The van der Waals surface area contributed by atoms with Gasteiger partial charge in [0.15, 0.2) is 23.2 Å². The average Bonchev–Trinajstić information content (AvgIpc) is 2.88. The van der Waals surface area contributed by atoms with Crippen LogP contribution in [0, 0.1) is 17.5 Å². The van der Waals surface area contributed by atoms with Gasteiger partial charge < -0.3 is 15.2 Å². The van der Waals surface area contributed by atoms with Gasteiger partial charge in [-0.3, -0.25) is 14.9 Å². The van der Waals surface area contributed by atoms with Gasteiger partial charge in [-0.25, -0.2) is 13.2 Å². The van der Waals surface area contributed by atoms with Gasteiger partial charge in [0.2, 0.25) is 0 Å². The van der Waals surface area contributed by atoms with E-state index < -0.39 is 46.1 Å². The lowest BCUT2D eigenvalue weighted by atomic mass is 9.96. The molecule has 4 aromatic rings. The van der Waals surface area contributed by atoms with E-state index in [0.29, 0.717) is 17.0 Å². The third-order valence-corrected chi connectivity index (χ3v) is 5.75. The Kier molecular flexibility index (Phi) is 6.61. The summed E-state index contributed by atoms with van der Waals surface area (Å²) in [5.41, 5.74) is 0.190. The van der Waals surface area contributed by atoms with E-state index in [1.807, 2.05) is 12.1 Å². The fourth-order valence-corrected chi connectivity index (χ4v) is 3.79. The highest BCUT2D eigenvalue weighted by Gasteiger charge is 2.23. The van der Waals surface area contributed by atoms with Crippen molar-refractivity contribution in [2.24, 2.45) is 0 Å². The number of anilines is 2. The molecule has 35 heavy (non-hydrogen) atoms. The number of hydrogen-bond acceptors (Lipinski definition) is 6. The van der Waals surface area contributed by atoms with Crippen LogP contribution in [0.15, 0.2) is 70.3 Å². The summed E-state index contributed by atoms with van der Waals surface area (Å²) in [6, 6.07) is 14.8. The lowest BCUT2D eigenvalue weighted by Gasteiger charge is -2.25. The zero-order valence-electron chi connectivity index (χ0n) is 18.7. The molecule has 0 aromatic heterocycles. The Bertz CT molecular complexity index is 1420. The number of benzene rings is 3. The van der Waals surface area contributed by atoms with Crippen LogP contribution in [-0.2, 0) is 0 Å². The number of nitrogens with one attached hydrogen (secondary N) is 2. The number of methoxy groups -OCH3 is 1. The Hall–Kier alpha value is -4.11. The van der Waals surface area contributed by atoms with Crippen molar-refractivity contribution in [1.29, 1.82) is 0 Å². The summed E-state index contributed by atoms with van der Waals surface area (Å²) in [7, 11) is 1.54. The summed E-state index contributed by atoms with van der Waals surface area (Å²) in [4.78, 5) is 23.0. The van der Waals surface area contributed by atoms with Crippen LogP contribution in [0.5, 0.6) is 11.5 Å². The van der Waals surface area contributed by atoms with Gasteiger partial charge in [0, 0.05) is 11.7 Å². The van der Waals surface area contributed by atoms with Gasteiger partial charge in [-0.15, -0.1) is 0 Å². The molecule has 6 nitrogen and oxygen atoms in total. The smallest absolute Gasteiger partial charge is 0.271 e. The van der Waals surface area contributed by atoms with Crippen molar-refractivity contribution in [3.8, 4) is 11.5 Å². The molecule has 0 radical (unpaired) electrons. The monoisotopic (exact) mass is 482 g/mol. The number of halogens is 3. The molecular formula is C26H21F3N2O4. The van der Waals surface area contributed by atoms with E-state index in [9.17, 15) is 27.9 Å². The summed E-state index contributed by atoms with van der Waals surface area (Å²) in [5, 5.41) is 15.7. The second-order valence-corrected chi connectivity index (χ2v) is 8.03. The molecule has 180 valence electrons. The molecule has 3 N–H and O–H groups in total. The largest absolute Gasteiger partial charge is 0.502 e. The molecule has 0 spiro atoms. The number of hydrogen-bond donors (Lipinski definition) is 3. The van der Waals surface area contributed by atoms with Gasteiger partial charge >= 0.3 is 0 Å². The van der Waals surface area contributed by atoms with Crippen LogP contribution >= 0.6 is 0 Å². The van der Waals surface area contributed by atoms with Gasteiger partial charge in [-0.05, 0) is 60.0 Å². The Morgan fingerprint density at radius 2 is 1.51 bits per heavy atom. The topological polar surface area (TPSA) is 87.7 Å². The van der Waals surface area contributed by atoms with E-state index in [4.69, 9.17) is 4.74 Å². The first-order chi connectivity index (χ1) is 16.7. The van der Waals surface area contributed by atoms with E-state index in [1.165, 1.54) is 7.11 Å². The van der Waals surface area contributed by atoms with E-state index >= 15 is 0 Å². The first-order valence-corrected chi connectivity index (χ1v) is 10.6. The SMILES string of the molecule is COc1ccc(C(N[C@H](C)c2cc(F)c(F)c(F)c2)c2cccc(Nc3c(O)c(=O)c3=O)c2)cc1. The summed E-state index contributed by atoms with van der Waals surface area (Å²) >= 11 is 0. The molecule has 4 aromatic carbocycles. The van der Waals surface area contributed by atoms with Crippen molar-refractivity contribution in [1.82, 2.24) is 5.32 Å². The highest BCUT2D eigenvalue weighted by Crippen LogP contribution is 2.31. The first-order valence-electron chi connectivity index (χ1n) is 10.6. The van der Waals surface area contributed by atoms with Crippen molar-refractivity contribution in [2.75, 3.05) is 12.4 Å². The highest BCUT2D eigenvalue weighted by molar-refractivity contribution is 5.69. The van der Waals surface area contributed by atoms with Crippen molar-refractivity contribution >= 4 is 11.4 Å². The molecule has 0 aliphatic rings. The average molecular weight is 482 g/mol. The van der Waals surface area contributed by atoms with Crippen LogP contribution in [0.2, 0.25) is 0 Å². The van der Waals surface area contributed by atoms with Crippen molar-refractivity contribution in [3.63, 3.8) is 0 Å². The first kappa shape index (κ1) is 24.0. The normalized spacial score (nSPS) is 12.9. The third-order valence-electron chi connectivity index (χ3n) is 5.75. The Morgan fingerprint density at radius 1 is 0.857 bits per heavy atom. The minimum absolute atomic E-state index is 0.188. The molecule has 4 rings (SSSR count). The van der Waals surface area contributed by atoms with Crippen molar-refractivity contribution in [3.05, 3.63) is 115 Å². The third kappa shape index (κ3) is 4.76. The van der Waals surface area contributed by atoms with Gasteiger partial charge in [0.25, 0.3) is 10.9 Å². The lowest BCUT2D eigenvalue weighted by molar-refractivity contribution is 0.414. The Morgan fingerprint density at radius 3 is 2.11 bits per heavy atom. The molecule has 0 fully saturated rings. The summed E-state index contributed by atoms with van der Waals surface area (Å²) in [6.45, 7) is 1.69. The maximum absolute atomic E-state index is 13.8. The molecular weight excluding hydrogens is 461 g/mol.